The SMILES string of the molecule is CC(C)(CN)NC(=O)c1cc(-n2cccn2)ccn1. The predicted molar refractivity (Wildman–Crippen MR) is 72.0 cm³/mol. The normalized spacial score (nSPS) is 11.3. The molecular weight excluding hydrogens is 242 g/mol. The van der Waals surface area contributed by atoms with Gasteiger partial charge in [-0.15, -0.1) is 0 Å². The number of carbonyl (C=O) groups is 1. The summed E-state index contributed by atoms with van der Waals surface area (Å²) >= 11 is 0. The number of hydrogen-bond donors (Lipinski definition) is 2. The number of amides is 1. The van der Waals surface area contributed by atoms with Crippen molar-refractivity contribution in [3.05, 3.63) is 42.5 Å². The van der Waals surface area contributed by atoms with Crippen molar-refractivity contribution in [1.82, 2.24) is 20.1 Å². The van der Waals surface area contributed by atoms with Crippen LogP contribution in [0.5, 0.6) is 0 Å². The van der Waals surface area contributed by atoms with E-state index in [0.29, 0.717) is 12.2 Å². The van der Waals surface area contributed by atoms with Gasteiger partial charge in [-0.1, -0.05) is 0 Å². The fourth-order valence-corrected chi connectivity index (χ4v) is 1.53. The van der Waals surface area contributed by atoms with Gasteiger partial charge < -0.3 is 11.1 Å². The van der Waals surface area contributed by atoms with Crippen LogP contribution in [0.2, 0.25) is 0 Å². The molecular formula is C13H17N5O. The van der Waals surface area contributed by atoms with E-state index in [1.807, 2.05) is 19.9 Å². The third kappa shape index (κ3) is 3.17. The zero-order chi connectivity index (χ0) is 13.9. The third-order valence-electron chi connectivity index (χ3n) is 2.71. The minimum absolute atomic E-state index is 0.246. The van der Waals surface area contributed by atoms with Crippen LogP contribution in [0.1, 0.15) is 24.3 Å². The molecule has 6 heteroatoms. The molecule has 6 nitrogen and oxygen atoms in total. The van der Waals surface area contributed by atoms with Gasteiger partial charge >= 0.3 is 0 Å². The summed E-state index contributed by atoms with van der Waals surface area (Å²) in [6.45, 7) is 4.09. The average molecular weight is 259 g/mol. The van der Waals surface area contributed by atoms with Gasteiger partial charge in [-0.25, -0.2) is 4.68 Å². The smallest absolute Gasteiger partial charge is 0.270 e. The molecule has 2 aromatic heterocycles. The van der Waals surface area contributed by atoms with E-state index in [9.17, 15) is 4.79 Å². The lowest BCUT2D eigenvalue weighted by Crippen LogP contribution is -2.49. The standard InChI is InChI=1S/C13H17N5O/c1-13(2,9-14)17-12(19)11-8-10(4-6-15-11)18-7-3-5-16-18/h3-8H,9,14H2,1-2H3,(H,17,19). The van der Waals surface area contributed by atoms with Crippen molar-refractivity contribution in [3.8, 4) is 5.69 Å². The average Bonchev–Trinajstić information content (AvgIpc) is 2.92. The van der Waals surface area contributed by atoms with Crippen LogP contribution >= 0.6 is 0 Å². The van der Waals surface area contributed by atoms with Crippen LogP contribution in [0.3, 0.4) is 0 Å². The Balaban J connectivity index is 2.22. The summed E-state index contributed by atoms with van der Waals surface area (Å²) in [4.78, 5) is 16.2. The van der Waals surface area contributed by atoms with Crippen molar-refractivity contribution in [3.63, 3.8) is 0 Å². The maximum absolute atomic E-state index is 12.1. The highest BCUT2D eigenvalue weighted by Gasteiger charge is 2.20. The number of aromatic nitrogens is 3. The van der Waals surface area contributed by atoms with Crippen LogP contribution in [0.15, 0.2) is 36.8 Å². The Labute approximate surface area is 111 Å². The summed E-state index contributed by atoms with van der Waals surface area (Å²) in [5.41, 5.74) is 6.26. The molecule has 0 saturated heterocycles. The molecule has 0 bridgehead atoms. The van der Waals surface area contributed by atoms with Crippen molar-refractivity contribution in [2.75, 3.05) is 6.54 Å². The first-order chi connectivity index (χ1) is 9.02. The maximum Gasteiger partial charge on any atom is 0.270 e. The molecule has 1 amide bonds. The topological polar surface area (TPSA) is 85.8 Å². The molecule has 0 aliphatic rings. The van der Waals surface area contributed by atoms with Crippen molar-refractivity contribution in [1.29, 1.82) is 0 Å². The summed E-state index contributed by atoms with van der Waals surface area (Å²) in [5, 5.41) is 6.95. The molecule has 2 aromatic rings. The lowest BCUT2D eigenvalue weighted by atomic mass is 10.1. The zero-order valence-corrected chi connectivity index (χ0v) is 11.0. The molecule has 0 saturated carbocycles. The van der Waals surface area contributed by atoms with E-state index in [-0.39, 0.29) is 5.91 Å². The van der Waals surface area contributed by atoms with Crippen LogP contribution in [-0.4, -0.2) is 32.8 Å². The van der Waals surface area contributed by atoms with E-state index in [1.165, 1.54) is 0 Å². The molecule has 0 fully saturated rings. The Bertz CT molecular complexity index is 562. The molecule has 0 aliphatic carbocycles. The zero-order valence-electron chi connectivity index (χ0n) is 11.0. The van der Waals surface area contributed by atoms with Crippen LogP contribution < -0.4 is 11.1 Å². The van der Waals surface area contributed by atoms with E-state index < -0.39 is 5.54 Å². The largest absolute Gasteiger partial charge is 0.345 e. The molecule has 0 unspecified atom stereocenters. The number of carbonyl (C=O) groups excluding carboxylic acids is 1. The first-order valence-electron chi connectivity index (χ1n) is 6.00. The molecule has 0 atom stereocenters. The minimum Gasteiger partial charge on any atom is -0.345 e. The molecule has 2 rings (SSSR count). The van der Waals surface area contributed by atoms with E-state index in [4.69, 9.17) is 5.73 Å². The van der Waals surface area contributed by atoms with E-state index in [1.54, 1.807) is 35.4 Å². The predicted octanol–water partition coefficient (Wildman–Crippen LogP) is 0.734. The summed E-state index contributed by atoms with van der Waals surface area (Å²) in [7, 11) is 0. The van der Waals surface area contributed by atoms with Crippen molar-refractivity contribution in [2.45, 2.75) is 19.4 Å². The Hall–Kier alpha value is -2.21. The molecule has 2 heterocycles. The summed E-state index contributed by atoms with van der Waals surface area (Å²) in [5.74, 6) is -0.246. The van der Waals surface area contributed by atoms with Crippen molar-refractivity contribution >= 4 is 5.91 Å². The highest BCUT2D eigenvalue weighted by Crippen LogP contribution is 2.08. The van der Waals surface area contributed by atoms with Gasteiger partial charge in [0.05, 0.1) is 5.69 Å². The number of nitrogens with one attached hydrogen (secondary N) is 1. The second-order valence-corrected chi connectivity index (χ2v) is 4.89. The first kappa shape index (κ1) is 13.2. The Morgan fingerprint density at radius 3 is 2.89 bits per heavy atom. The van der Waals surface area contributed by atoms with E-state index in [0.717, 1.165) is 5.69 Å². The van der Waals surface area contributed by atoms with Gasteiger partial charge in [0.15, 0.2) is 0 Å². The van der Waals surface area contributed by atoms with Gasteiger partial charge in [0.1, 0.15) is 5.69 Å². The van der Waals surface area contributed by atoms with Gasteiger partial charge in [0.25, 0.3) is 5.91 Å². The third-order valence-corrected chi connectivity index (χ3v) is 2.71. The van der Waals surface area contributed by atoms with Gasteiger partial charge in [0, 0.05) is 30.7 Å². The molecule has 19 heavy (non-hydrogen) atoms. The van der Waals surface area contributed by atoms with Crippen molar-refractivity contribution in [2.24, 2.45) is 5.73 Å². The highest BCUT2D eigenvalue weighted by molar-refractivity contribution is 5.93. The van der Waals surface area contributed by atoms with Crippen LogP contribution in [0.4, 0.5) is 0 Å². The van der Waals surface area contributed by atoms with Gasteiger partial charge in [-0.3, -0.25) is 9.78 Å². The summed E-state index contributed by atoms with van der Waals surface area (Å²) < 4.78 is 1.67. The summed E-state index contributed by atoms with van der Waals surface area (Å²) in [6, 6.07) is 5.30. The molecule has 3 N–H and O–H groups in total. The number of nitrogens with two attached hydrogens (primary N) is 1. The molecule has 0 radical (unpaired) electrons. The molecule has 100 valence electrons. The number of nitrogens with zero attached hydrogens (tertiary/aromatic N) is 3. The van der Waals surface area contributed by atoms with Crippen molar-refractivity contribution < 1.29 is 4.79 Å². The number of hydrogen-bond acceptors (Lipinski definition) is 4. The van der Waals surface area contributed by atoms with Gasteiger partial charge in [0.2, 0.25) is 0 Å². The van der Waals surface area contributed by atoms with Crippen LogP contribution in [-0.2, 0) is 0 Å². The fraction of sp³-hybridized carbons (Fsp3) is 0.308. The van der Waals surface area contributed by atoms with E-state index in [2.05, 4.69) is 15.4 Å². The Kier molecular flexibility index (Phi) is 3.62. The van der Waals surface area contributed by atoms with Gasteiger partial charge in [-0.05, 0) is 32.0 Å². The minimum atomic E-state index is -0.458. The Morgan fingerprint density at radius 2 is 2.26 bits per heavy atom. The van der Waals surface area contributed by atoms with Crippen LogP contribution in [0, 0.1) is 0 Å². The first-order valence-corrected chi connectivity index (χ1v) is 6.00. The molecule has 0 aromatic carbocycles. The summed E-state index contributed by atoms with van der Waals surface area (Å²) in [6.07, 6.45) is 5.07. The molecule has 0 spiro atoms. The van der Waals surface area contributed by atoms with E-state index >= 15 is 0 Å². The lowest BCUT2D eigenvalue weighted by molar-refractivity contribution is 0.0910. The maximum atomic E-state index is 12.1. The second-order valence-electron chi connectivity index (χ2n) is 4.89. The number of pyridine rings is 1. The molecule has 0 aliphatic heterocycles. The monoisotopic (exact) mass is 259 g/mol. The quantitative estimate of drug-likeness (QED) is 0.847. The highest BCUT2D eigenvalue weighted by atomic mass is 16.2. The van der Waals surface area contributed by atoms with Crippen LogP contribution in [0.25, 0.3) is 5.69 Å². The number of rotatable bonds is 4. The second kappa shape index (κ2) is 5.19. The lowest BCUT2D eigenvalue weighted by Gasteiger charge is -2.23. The van der Waals surface area contributed by atoms with Gasteiger partial charge in [-0.2, -0.15) is 5.10 Å². The Morgan fingerprint density at radius 1 is 1.47 bits per heavy atom. The fourth-order valence-electron chi connectivity index (χ4n) is 1.53.